The van der Waals surface area contributed by atoms with E-state index in [-0.39, 0.29) is 50.5 Å². The molecule has 0 heterocycles. The summed E-state index contributed by atoms with van der Waals surface area (Å²) in [6, 6.07) is 2.18. The lowest BCUT2D eigenvalue weighted by Crippen LogP contribution is -2.41. The summed E-state index contributed by atoms with van der Waals surface area (Å²) in [6.45, 7) is 0.136. The van der Waals surface area contributed by atoms with Crippen molar-refractivity contribution in [2.45, 2.75) is 76.3 Å². The number of nitrogens with one attached hydrogen (secondary N) is 4. The van der Waals surface area contributed by atoms with E-state index in [9.17, 15) is 47.7 Å². The zero-order chi connectivity index (χ0) is 33.8. The minimum Gasteiger partial charge on any atom is -0.481 e. The fourth-order valence-corrected chi connectivity index (χ4v) is 4.89. The summed E-state index contributed by atoms with van der Waals surface area (Å²) in [5, 5.41) is 36.6. The SMILES string of the molecule is O=C(O)CC[C@H](NP(=O)(O)OCCC[C@H](NC(=O)CCCNC(=O)CCCCCNC(=O)c1ccc(F)cc1)C(=O)O)C(=O)O. The molecular formula is C27H40FN4O12P. The van der Waals surface area contributed by atoms with E-state index < -0.39 is 68.9 Å². The van der Waals surface area contributed by atoms with Crippen LogP contribution in [0.5, 0.6) is 0 Å². The molecule has 0 bridgehead atoms. The van der Waals surface area contributed by atoms with Crippen LogP contribution in [0.25, 0.3) is 0 Å². The first-order valence-electron chi connectivity index (χ1n) is 14.2. The van der Waals surface area contributed by atoms with Gasteiger partial charge in [-0.15, -0.1) is 0 Å². The first-order chi connectivity index (χ1) is 21.2. The molecule has 0 aromatic heterocycles. The van der Waals surface area contributed by atoms with Crippen LogP contribution in [-0.4, -0.2) is 87.6 Å². The van der Waals surface area contributed by atoms with Crippen LogP contribution in [0.2, 0.25) is 0 Å². The number of halogens is 1. The fourth-order valence-electron chi connectivity index (χ4n) is 3.80. The second kappa shape index (κ2) is 20.9. The number of benzene rings is 1. The molecule has 0 spiro atoms. The van der Waals surface area contributed by atoms with Gasteiger partial charge in [-0.25, -0.2) is 18.8 Å². The van der Waals surface area contributed by atoms with Gasteiger partial charge in [0.2, 0.25) is 11.8 Å². The summed E-state index contributed by atoms with van der Waals surface area (Å²) in [5.41, 5.74) is 0.351. The Balaban J connectivity index is 2.21. The lowest BCUT2D eigenvalue weighted by Gasteiger charge is -2.19. The zero-order valence-electron chi connectivity index (χ0n) is 24.5. The van der Waals surface area contributed by atoms with Gasteiger partial charge in [0.05, 0.1) is 6.61 Å². The van der Waals surface area contributed by atoms with Crippen LogP contribution in [0, 0.1) is 5.82 Å². The predicted molar refractivity (Wildman–Crippen MR) is 155 cm³/mol. The number of unbranched alkanes of at least 4 members (excludes halogenated alkanes) is 2. The lowest BCUT2D eigenvalue weighted by molar-refractivity contribution is -0.142. The van der Waals surface area contributed by atoms with Gasteiger partial charge in [-0.3, -0.25) is 28.5 Å². The van der Waals surface area contributed by atoms with Crippen molar-refractivity contribution in [1.82, 2.24) is 21.0 Å². The molecule has 18 heteroatoms. The minimum absolute atomic E-state index is 0.0724. The Morgan fingerprint density at radius 3 is 2.00 bits per heavy atom. The van der Waals surface area contributed by atoms with Crippen molar-refractivity contribution >= 4 is 43.4 Å². The van der Waals surface area contributed by atoms with E-state index in [0.717, 1.165) is 0 Å². The van der Waals surface area contributed by atoms with E-state index in [1.165, 1.54) is 24.3 Å². The maximum atomic E-state index is 12.9. The molecule has 0 fully saturated rings. The van der Waals surface area contributed by atoms with Crippen LogP contribution >= 0.6 is 7.75 Å². The number of aliphatic carboxylic acids is 3. The third kappa shape index (κ3) is 18.5. The summed E-state index contributed by atoms with van der Waals surface area (Å²) in [5.74, 6) is -5.75. The standard InChI is InChI=1S/C27H40FN4O12P/c28-19-11-9-18(10-12-19)25(37)30-15-3-1-2-7-22(33)29-16-4-8-23(34)31-20(26(38)39)6-5-17-44-45(42,43)32-21(27(40)41)13-14-24(35)36/h9-12,20-21H,1-8,13-17H2,(H,29,33)(H,30,37)(H,31,34)(H,35,36)(H,38,39)(H,40,41)(H2,32,42,43)/t20-,21-/m0/s1. The van der Waals surface area contributed by atoms with Crippen molar-refractivity contribution in [3.05, 3.63) is 35.6 Å². The summed E-state index contributed by atoms with van der Waals surface area (Å²) >= 11 is 0. The maximum absolute atomic E-state index is 12.9. The summed E-state index contributed by atoms with van der Waals surface area (Å²) in [6.07, 6.45) is 1.03. The molecule has 0 saturated carbocycles. The van der Waals surface area contributed by atoms with Crippen molar-refractivity contribution in [1.29, 1.82) is 0 Å². The number of rotatable bonds is 24. The van der Waals surface area contributed by atoms with E-state index in [0.29, 0.717) is 31.4 Å². The number of hydrogen-bond donors (Lipinski definition) is 8. The van der Waals surface area contributed by atoms with Crippen LogP contribution < -0.4 is 21.0 Å². The van der Waals surface area contributed by atoms with E-state index >= 15 is 0 Å². The fraction of sp³-hybridized carbons (Fsp3) is 0.556. The molecule has 16 nitrogen and oxygen atoms in total. The monoisotopic (exact) mass is 662 g/mol. The second-order valence-corrected chi connectivity index (χ2v) is 11.5. The zero-order valence-corrected chi connectivity index (χ0v) is 25.4. The van der Waals surface area contributed by atoms with E-state index in [1.54, 1.807) is 0 Å². The largest absolute Gasteiger partial charge is 0.481 e. The highest BCUT2D eigenvalue weighted by Gasteiger charge is 2.29. The van der Waals surface area contributed by atoms with Crippen molar-refractivity contribution in [2.75, 3.05) is 19.7 Å². The highest BCUT2D eigenvalue weighted by Crippen LogP contribution is 2.38. The normalized spacial score (nSPS) is 13.6. The van der Waals surface area contributed by atoms with Crippen LogP contribution in [0.1, 0.15) is 74.6 Å². The molecule has 0 radical (unpaired) electrons. The van der Waals surface area contributed by atoms with Gasteiger partial charge in [0.1, 0.15) is 17.9 Å². The number of carboxylic acids is 3. The Morgan fingerprint density at radius 2 is 1.38 bits per heavy atom. The van der Waals surface area contributed by atoms with E-state index in [2.05, 4.69) is 16.0 Å². The quantitative estimate of drug-likeness (QED) is 0.0576. The Labute approximate surface area is 258 Å². The number of hydrogen-bond acceptors (Lipinski definition) is 8. The molecule has 3 atom stereocenters. The van der Waals surface area contributed by atoms with Gasteiger partial charge in [-0.05, 0) is 62.8 Å². The second-order valence-electron chi connectivity index (χ2n) is 9.93. The Bertz CT molecular complexity index is 1200. The van der Waals surface area contributed by atoms with Crippen molar-refractivity contribution < 1.29 is 62.5 Å². The average Bonchev–Trinajstić information content (AvgIpc) is 2.96. The summed E-state index contributed by atoms with van der Waals surface area (Å²) in [4.78, 5) is 79.1. The molecule has 252 valence electrons. The van der Waals surface area contributed by atoms with Gasteiger partial charge in [0, 0.05) is 37.9 Å². The van der Waals surface area contributed by atoms with Gasteiger partial charge in [-0.1, -0.05) is 6.42 Å². The minimum atomic E-state index is -4.65. The van der Waals surface area contributed by atoms with Crippen molar-refractivity contribution in [3.8, 4) is 0 Å². The Kier molecular flexibility index (Phi) is 18.2. The molecule has 0 aliphatic carbocycles. The number of carbonyl (C=O) groups excluding carboxylic acids is 3. The maximum Gasteiger partial charge on any atom is 0.403 e. The third-order valence-electron chi connectivity index (χ3n) is 6.18. The van der Waals surface area contributed by atoms with Crippen molar-refractivity contribution in [3.63, 3.8) is 0 Å². The molecule has 1 aromatic carbocycles. The van der Waals surface area contributed by atoms with Crippen LogP contribution in [0.15, 0.2) is 24.3 Å². The van der Waals surface area contributed by atoms with Gasteiger partial charge >= 0.3 is 25.7 Å². The van der Waals surface area contributed by atoms with Crippen LogP contribution in [0.4, 0.5) is 4.39 Å². The first kappa shape index (κ1) is 39.1. The van der Waals surface area contributed by atoms with Crippen LogP contribution in [-0.2, 0) is 33.1 Å². The summed E-state index contributed by atoms with van der Waals surface area (Å²) < 4.78 is 29.7. The predicted octanol–water partition coefficient (Wildman–Crippen LogP) is 1.39. The third-order valence-corrected chi connectivity index (χ3v) is 7.35. The Hall–Kier alpha value is -3.92. The Morgan fingerprint density at radius 1 is 0.756 bits per heavy atom. The van der Waals surface area contributed by atoms with Crippen LogP contribution in [0.3, 0.4) is 0 Å². The molecule has 8 N–H and O–H groups in total. The smallest absolute Gasteiger partial charge is 0.403 e. The van der Waals surface area contributed by atoms with Crippen molar-refractivity contribution in [2.24, 2.45) is 0 Å². The average molecular weight is 663 g/mol. The first-order valence-corrected chi connectivity index (χ1v) is 15.8. The number of amides is 3. The molecular weight excluding hydrogens is 622 g/mol. The van der Waals surface area contributed by atoms with E-state index in [4.69, 9.17) is 14.7 Å². The molecule has 1 rings (SSSR count). The molecule has 0 saturated heterocycles. The van der Waals surface area contributed by atoms with Gasteiger partial charge in [0.15, 0.2) is 0 Å². The lowest BCUT2D eigenvalue weighted by atomic mass is 10.1. The number of carbonyl (C=O) groups is 6. The van der Waals surface area contributed by atoms with Gasteiger partial charge in [0.25, 0.3) is 5.91 Å². The molecule has 45 heavy (non-hydrogen) atoms. The van der Waals surface area contributed by atoms with Gasteiger partial charge < -0.3 is 36.2 Å². The number of carboxylic acid groups (broad SMARTS) is 3. The van der Waals surface area contributed by atoms with Gasteiger partial charge in [-0.2, -0.15) is 0 Å². The topological polar surface area (TPSA) is 258 Å². The molecule has 3 amide bonds. The highest BCUT2D eigenvalue weighted by molar-refractivity contribution is 7.50. The molecule has 0 aliphatic heterocycles. The van der Waals surface area contributed by atoms with E-state index in [1.807, 2.05) is 5.09 Å². The summed E-state index contributed by atoms with van der Waals surface area (Å²) in [7, 11) is -4.65. The molecule has 0 aliphatic rings. The molecule has 1 aromatic rings. The highest BCUT2D eigenvalue weighted by atomic mass is 31.2. The molecule has 1 unspecified atom stereocenters.